The number of benzene rings is 2. The van der Waals surface area contributed by atoms with E-state index in [4.69, 9.17) is 0 Å². The van der Waals surface area contributed by atoms with E-state index >= 15 is 0 Å². The van der Waals surface area contributed by atoms with Gasteiger partial charge >= 0.3 is 0 Å². The molecule has 2 unspecified atom stereocenters. The molecule has 0 aliphatic carbocycles. The van der Waals surface area contributed by atoms with Crippen LogP contribution in [0.3, 0.4) is 0 Å². The summed E-state index contributed by atoms with van der Waals surface area (Å²) in [5.74, 6) is 0. The summed E-state index contributed by atoms with van der Waals surface area (Å²) in [4.78, 5) is 0.313. The summed E-state index contributed by atoms with van der Waals surface area (Å²) in [7, 11) is -3.17. The first-order valence-corrected chi connectivity index (χ1v) is 9.44. The second-order valence-electron chi connectivity index (χ2n) is 5.90. The molecule has 0 bridgehead atoms. The van der Waals surface area contributed by atoms with Gasteiger partial charge in [0.1, 0.15) is 0 Å². The molecule has 2 N–H and O–H groups in total. The SMILES string of the molecule is Cc1ccc(C(O)CNC(C)c2ccc(S(C)(=O)=O)cc2)cc1. The predicted octanol–water partition coefficient (Wildman–Crippen LogP) is 2.78. The first-order chi connectivity index (χ1) is 10.8. The van der Waals surface area contributed by atoms with Gasteiger partial charge in [-0.2, -0.15) is 0 Å². The fourth-order valence-electron chi connectivity index (χ4n) is 2.32. The van der Waals surface area contributed by atoms with Crippen LogP contribution in [-0.4, -0.2) is 26.3 Å². The second-order valence-corrected chi connectivity index (χ2v) is 7.91. The lowest BCUT2D eigenvalue weighted by Crippen LogP contribution is -2.24. The maximum Gasteiger partial charge on any atom is 0.175 e. The van der Waals surface area contributed by atoms with E-state index in [9.17, 15) is 13.5 Å². The number of hydrogen-bond acceptors (Lipinski definition) is 4. The molecule has 0 saturated heterocycles. The van der Waals surface area contributed by atoms with E-state index in [0.717, 1.165) is 16.7 Å². The molecule has 0 aliphatic heterocycles. The molecule has 124 valence electrons. The van der Waals surface area contributed by atoms with Crippen molar-refractivity contribution in [3.05, 3.63) is 65.2 Å². The van der Waals surface area contributed by atoms with Crippen LogP contribution in [-0.2, 0) is 9.84 Å². The zero-order valence-corrected chi connectivity index (χ0v) is 14.5. The Bertz CT molecular complexity index is 737. The lowest BCUT2D eigenvalue weighted by molar-refractivity contribution is 0.171. The molecule has 0 heterocycles. The van der Waals surface area contributed by atoms with Crippen molar-refractivity contribution in [2.45, 2.75) is 30.9 Å². The molecule has 4 nitrogen and oxygen atoms in total. The smallest absolute Gasteiger partial charge is 0.175 e. The van der Waals surface area contributed by atoms with Gasteiger partial charge in [0.25, 0.3) is 0 Å². The Kier molecular flexibility index (Phi) is 5.57. The van der Waals surface area contributed by atoms with Crippen molar-refractivity contribution in [3.8, 4) is 0 Å². The van der Waals surface area contributed by atoms with Crippen molar-refractivity contribution < 1.29 is 13.5 Å². The summed E-state index contributed by atoms with van der Waals surface area (Å²) >= 11 is 0. The van der Waals surface area contributed by atoms with Crippen LogP contribution in [0, 0.1) is 6.92 Å². The second kappa shape index (κ2) is 7.25. The minimum atomic E-state index is -3.17. The van der Waals surface area contributed by atoms with Gasteiger partial charge in [-0.3, -0.25) is 0 Å². The molecule has 0 aromatic heterocycles. The maximum atomic E-state index is 11.5. The first kappa shape index (κ1) is 17.7. The summed E-state index contributed by atoms with van der Waals surface area (Å²) in [6.45, 7) is 4.42. The topological polar surface area (TPSA) is 66.4 Å². The van der Waals surface area contributed by atoms with Crippen LogP contribution in [0.4, 0.5) is 0 Å². The van der Waals surface area contributed by atoms with Crippen LogP contribution < -0.4 is 5.32 Å². The van der Waals surface area contributed by atoms with Gasteiger partial charge in [-0.1, -0.05) is 42.0 Å². The summed E-state index contributed by atoms with van der Waals surface area (Å²) in [5, 5.41) is 13.5. The van der Waals surface area contributed by atoms with E-state index < -0.39 is 15.9 Å². The minimum absolute atomic E-state index is 0.0173. The Morgan fingerprint density at radius 2 is 1.52 bits per heavy atom. The summed E-state index contributed by atoms with van der Waals surface area (Å²) in [5.41, 5.74) is 3.02. The third-order valence-corrected chi connectivity index (χ3v) is 5.02. The van der Waals surface area contributed by atoms with Gasteiger partial charge in [-0.25, -0.2) is 8.42 Å². The summed E-state index contributed by atoms with van der Waals surface area (Å²) in [6.07, 6.45) is 0.620. The predicted molar refractivity (Wildman–Crippen MR) is 92.1 cm³/mol. The van der Waals surface area contributed by atoms with Crippen molar-refractivity contribution in [3.63, 3.8) is 0 Å². The highest BCUT2D eigenvalue weighted by molar-refractivity contribution is 7.90. The van der Waals surface area contributed by atoms with Gasteiger partial charge < -0.3 is 10.4 Å². The molecule has 2 aromatic rings. The number of aliphatic hydroxyl groups is 1. The van der Waals surface area contributed by atoms with Crippen LogP contribution >= 0.6 is 0 Å². The standard InChI is InChI=1S/C18H23NO3S/c1-13-4-6-16(7-5-13)18(20)12-19-14(2)15-8-10-17(11-9-15)23(3,21)22/h4-11,14,18-20H,12H2,1-3H3. The molecular weight excluding hydrogens is 310 g/mol. The van der Waals surface area contributed by atoms with E-state index in [1.54, 1.807) is 24.3 Å². The fraction of sp³-hybridized carbons (Fsp3) is 0.333. The van der Waals surface area contributed by atoms with Gasteiger partial charge in [-0.15, -0.1) is 0 Å². The molecule has 2 aromatic carbocycles. The maximum absolute atomic E-state index is 11.5. The van der Waals surface area contributed by atoms with Gasteiger partial charge in [0.2, 0.25) is 0 Å². The molecule has 2 rings (SSSR count). The van der Waals surface area contributed by atoms with Crippen molar-refractivity contribution in [2.75, 3.05) is 12.8 Å². The molecule has 0 spiro atoms. The Hall–Kier alpha value is -1.69. The summed E-state index contributed by atoms with van der Waals surface area (Å²) in [6, 6.07) is 14.6. The summed E-state index contributed by atoms with van der Waals surface area (Å²) < 4.78 is 22.9. The Morgan fingerprint density at radius 1 is 1.00 bits per heavy atom. The van der Waals surface area contributed by atoms with Gasteiger partial charge in [0, 0.05) is 18.8 Å². The lowest BCUT2D eigenvalue weighted by atomic mass is 10.1. The molecule has 0 fully saturated rings. The van der Waals surface area contributed by atoms with Crippen molar-refractivity contribution in [2.24, 2.45) is 0 Å². The molecular formula is C18H23NO3S. The quantitative estimate of drug-likeness (QED) is 0.853. The van der Waals surface area contributed by atoms with Crippen LogP contribution in [0.15, 0.2) is 53.4 Å². The third kappa shape index (κ3) is 4.89. The van der Waals surface area contributed by atoms with Crippen molar-refractivity contribution in [1.29, 1.82) is 0 Å². The molecule has 0 saturated carbocycles. The van der Waals surface area contributed by atoms with Gasteiger partial charge in [0.15, 0.2) is 9.84 Å². The normalized spacial score (nSPS) is 14.4. The number of rotatable bonds is 6. The van der Waals surface area contributed by atoms with Crippen LogP contribution in [0.2, 0.25) is 0 Å². The molecule has 0 radical (unpaired) electrons. The van der Waals surface area contributed by atoms with E-state index in [-0.39, 0.29) is 6.04 Å². The van der Waals surface area contributed by atoms with Gasteiger partial charge in [0.05, 0.1) is 11.0 Å². The minimum Gasteiger partial charge on any atom is -0.387 e. The van der Waals surface area contributed by atoms with Crippen molar-refractivity contribution >= 4 is 9.84 Å². The van der Waals surface area contributed by atoms with E-state index in [1.165, 1.54) is 6.26 Å². The molecule has 5 heteroatoms. The monoisotopic (exact) mass is 333 g/mol. The van der Waals surface area contributed by atoms with Gasteiger partial charge in [-0.05, 0) is 37.1 Å². The molecule has 23 heavy (non-hydrogen) atoms. The average molecular weight is 333 g/mol. The highest BCUT2D eigenvalue weighted by Gasteiger charge is 2.12. The number of aryl methyl sites for hydroxylation is 1. The Balaban J connectivity index is 1.96. The fourth-order valence-corrected chi connectivity index (χ4v) is 2.95. The first-order valence-electron chi connectivity index (χ1n) is 7.55. The zero-order valence-electron chi connectivity index (χ0n) is 13.7. The average Bonchev–Trinajstić information content (AvgIpc) is 2.52. The zero-order chi connectivity index (χ0) is 17.0. The molecule has 0 aliphatic rings. The third-order valence-electron chi connectivity index (χ3n) is 3.89. The van der Waals surface area contributed by atoms with Crippen LogP contribution in [0.1, 0.15) is 35.8 Å². The number of nitrogens with one attached hydrogen (secondary N) is 1. The lowest BCUT2D eigenvalue weighted by Gasteiger charge is -2.18. The Morgan fingerprint density at radius 3 is 2.04 bits per heavy atom. The highest BCUT2D eigenvalue weighted by atomic mass is 32.2. The Labute approximate surface area is 138 Å². The highest BCUT2D eigenvalue weighted by Crippen LogP contribution is 2.18. The number of sulfone groups is 1. The number of aliphatic hydroxyl groups excluding tert-OH is 1. The molecule has 0 amide bonds. The molecule has 2 atom stereocenters. The number of hydrogen-bond donors (Lipinski definition) is 2. The van der Waals surface area contributed by atoms with Crippen LogP contribution in [0.25, 0.3) is 0 Å². The van der Waals surface area contributed by atoms with Crippen molar-refractivity contribution in [1.82, 2.24) is 5.32 Å². The van der Waals surface area contributed by atoms with Crippen LogP contribution in [0.5, 0.6) is 0 Å². The van der Waals surface area contributed by atoms with E-state index in [2.05, 4.69) is 5.32 Å². The van der Waals surface area contributed by atoms with E-state index in [0.29, 0.717) is 11.4 Å². The van der Waals surface area contributed by atoms with E-state index in [1.807, 2.05) is 38.1 Å². The largest absolute Gasteiger partial charge is 0.387 e.